The molecule has 1 aliphatic rings. The third kappa shape index (κ3) is 5.08. The molecule has 27 heavy (non-hydrogen) atoms. The van der Waals surface area contributed by atoms with Gasteiger partial charge in [0.25, 0.3) is 0 Å². The lowest BCUT2D eigenvalue weighted by Gasteiger charge is -2.35. The van der Waals surface area contributed by atoms with Gasteiger partial charge in [-0.05, 0) is 18.1 Å². The lowest BCUT2D eigenvalue weighted by Crippen LogP contribution is -2.48. The summed E-state index contributed by atoms with van der Waals surface area (Å²) in [7, 11) is 1.85. The molecule has 0 radical (unpaired) electrons. The van der Waals surface area contributed by atoms with Crippen LogP contribution in [0.5, 0.6) is 0 Å². The lowest BCUT2D eigenvalue weighted by molar-refractivity contribution is -0.00829. The van der Waals surface area contributed by atoms with Gasteiger partial charge in [-0.2, -0.15) is 0 Å². The molecule has 2 heterocycles. The molecule has 1 aromatic heterocycles. The highest BCUT2D eigenvalue weighted by atomic mass is 32.1. The number of aromatic nitrogens is 1. The van der Waals surface area contributed by atoms with E-state index in [1.165, 1.54) is 16.1 Å². The number of guanidine groups is 1. The number of hydrogen-bond acceptors (Lipinski definition) is 4. The van der Waals surface area contributed by atoms with E-state index in [2.05, 4.69) is 65.6 Å². The number of rotatable bonds is 5. The first kappa shape index (κ1) is 19.8. The highest BCUT2D eigenvalue weighted by Crippen LogP contribution is 2.25. The average Bonchev–Trinajstić information content (AvgIpc) is 3.15. The van der Waals surface area contributed by atoms with E-state index in [1.807, 2.05) is 7.05 Å². The predicted molar refractivity (Wildman–Crippen MR) is 113 cm³/mol. The summed E-state index contributed by atoms with van der Waals surface area (Å²) in [5.74, 6) is 1.44. The maximum Gasteiger partial charge on any atom is 0.193 e. The lowest BCUT2D eigenvalue weighted by atomic mass is 10.0. The molecule has 1 fully saturated rings. The highest BCUT2D eigenvalue weighted by Gasteiger charge is 2.25. The van der Waals surface area contributed by atoms with Gasteiger partial charge in [-0.15, -0.1) is 11.3 Å². The molecular weight excluding hydrogens is 356 g/mol. The number of aliphatic imine (C=N–C) groups is 1. The van der Waals surface area contributed by atoms with Crippen LogP contribution in [-0.2, 0) is 11.2 Å². The van der Waals surface area contributed by atoms with Gasteiger partial charge in [0.05, 0.1) is 23.9 Å². The third-order valence-corrected chi connectivity index (χ3v) is 6.03. The van der Waals surface area contributed by atoms with E-state index < -0.39 is 0 Å². The molecule has 2 aromatic rings. The minimum atomic E-state index is 0.0886. The first-order chi connectivity index (χ1) is 13.1. The van der Waals surface area contributed by atoms with Crippen molar-refractivity contribution < 1.29 is 4.74 Å². The Bertz CT molecular complexity index is 771. The fourth-order valence-electron chi connectivity index (χ4n) is 3.32. The quantitative estimate of drug-likeness (QED) is 0.628. The fourth-order valence-corrected chi connectivity index (χ4v) is 4.18. The molecule has 146 valence electrons. The molecule has 6 heteroatoms. The molecule has 0 amide bonds. The van der Waals surface area contributed by atoms with Crippen LogP contribution < -0.4 is 5.32 Å². The van der Waals surface area contributed by atoms with Gasteiger partial charge in [0.15, 0.2) is 5.96 Å². The SMILES string of the molecule is CN=C(NCCc1csc(C(C)C)n1)N1CCOC(c2ccccc2C)C1. The largest absolute Gasteiger partial charge is 0.370 e. The van der Waals surface area contributed by atoms with Gasteiger partial charge in [0.1, 0.15) is 6.10 Å². The van der Waals surface area contributed by atoms with Crippen molar-refractivity contribution in [1.29, 1.82) is 0 Å². The van der Waals surface area contributed by atoms with Crippen LogP contribution >= 0.6 is 11.3 Å². The number of aryl methyl sites for hydroxylation is 1. The Kier molecular flexibility index (Phi) is 6.85. The van der Waals surface area contributed by atoms with Crippen LogP contribution in [0.2, 0.25) is 0 Å². The average molecular weight is 387 g/mol. The number of thiazole rings is 1. The summed E-state index contributed by atoms with van der Waals surface area (Å²) >= 11 is 1.75. The fraction of sp³-hybridized carbons (Fsp3) is 0.524. The Morgan fingerprint density at radius 2 is 2.22 bits per heavy atom. The van der Waals surface area contributed by atoms with Crippen molar-refractivity contribution >= 4 is 17.3 Å². The molecule has 0 aliphatic carbocycles. The Labute approximate surface area is 166 Å². The number of hydrogen-bond donors (Lipinski definition) is 1. The van der Waals surface area contributed by atoms with Crippen molar-refractivity contribution in [3.05, 3.63) is 51.5 Å². The first-order valence-corrected chi connectivity index (χ1v) is 10.5. The molecule has 1 unspecified atom stereocenters. The predicted octanol–water partition coefficient (Wildman–Crippen LogP) is 3.77. The van der Waals surface area contributed by atoms with E-state index >= 15 is 0 Å². The van der Waals surface area contributed by atoms with Crippen LogP contribution in [0, 0.1) is 6.92 Å². The van der Waals surface area contributed by atoms with Crippen LogP contribution in [-0.4, -0.2) is 49.1 Å². The minimum Gasteiger partial charge on any atom is -0.370 e. The molecule has 1 aliphatic heterocycles. The van der Waals surface area contributed by atoms with E-state index in [0.717, 1.165) is 37.7 Å². The van der Waals surface area contributed by atoms with Gasteiger partial charge in [-0.25, -0.2) is 4.98 Å². The molecule has 1 aromatic carbocycles. The summed E-state index contributed by atoms with van der Waals surface area (Å²) in [6.07, 6.45) is 0.999. The Morgan fingerprint density at radius 3 is 2.93 bits per heavy atom. The zero-order valence-electron chi connectivity index (χ0n) is 16.7. The summed E-state index contributed by atoms with van der Waals surface area (Å²) in [5.41, 5.74) is 3.70. The topological polar surface area (TPSA) is 49.8 Å². The Hall–Kier alpha value is -1.92. The molecule has 3 rings (SSSR count). The van der Waals surface area contributed by atoms with Crippen molar-refractivity contribution in [2.24, 2.45) is 4.99 Å². The summed E-state index contributed by atoms with van der Waals surface area (Å²) in [4.78, 5) is 11.5. The number of benzene rings is 1. The van der Waals surface area contributed by atoms with E-state index in [-0.39, 0.29) is 6.10 Å². The normalized spacial score (nSPS) is 18.2. The van der Waals surface area contributed by atoms with Crippen LogP contribution in [0.4, 0.5) is 0 Å². The Balaban J connectivity index is 1.56. The molecule has 5 nitrogen and oxygen atoms in total. The number of nitrogens with zero attached hydrogens (tertiary/aromatic N) is 3. The maximum absolute atomic E-state index is 6.04. The van der Waals surface area contributed by atoms with E-state index in [9.17, 15) is 0 Å². The van der Waals surface area contributed by atoms with E-state index in [1.54, 1.807) is 11.3 Å². The maximum atomic E-state index is 6.04. The molecular formula is C21H30N4OS. The standard InChI is InChI=1S/C21H30N4OS/c1-15(2)20-24-17(14-27-20)9-10-23-21(22-4)25-11-12-26-19(13-25)18-8-6-5-7-16(18)3/h5-8,14-15,19H,9-13H2,1-4H3,(H,22,23). The summed E-state index contributed by atoms with van der Waals surface area (Å²) in [6, 6.07) is 8.46. The van der Waals surface area contributed by atoms with Gasteiger partial charge >= 0.3 is 0 Å². The highest BCUT2D eigenvalue weighted by molar-refractivity contribution is 7.09. The first-order valence-electron chi connectivity index (χ1n) is 9.65. The number of nitrogens with one attached hydrogen (secondary N) is 1. The molecule has 0 spiro atoms. The van der Waals surface area contributed by atoms with Crippen LogP contribution in [0.25, 0.3) is 0 Å². The molecule has 1 N–H and O–H groups in total. The summed E-state index contributed by atoms with van der Waals surface area (Å²) in [6.45, 7) is 9.74. The van der Waals surface area contributed by atoms with Gasteiger partial charge < -0.3 is 15.0 Å². The van der Waals surface area contributed by atoms with Crippen molar-refractivity contribution in [1.82, 2.24) is 15.2 Å². The van der Waals surface area contributed by atoms with Crippen molar-refractivity contribution in [2.45, 2.75) is 39.2 Å². The minimum absolute atomic E-state index is 0.0886. The molecule has 1 atom stereocenters. The van der Waals surface area contributed by atoms with Gasteiger partial charge in [-0.1, -0.05) is 38.1 Å². The zero-order chi connectivity index (χ0) is 19.2. The van der Waals surface area contributed by atoms with Crippen LogP contribution in [0.3, 0.4) is 0 Å². The second-order valence-corrected chi connectivity index (χ2v) is 8.11. The van der Waals surface area contributed by atoms with Gasteiger partial charge in [-0.3, -0.25) is 4.99 Å². The van der Waals surface area contributed by atoms with E-state index in [0.29, 0.717) is 12.5 Å². The summed E-state index contributed by atoms with van der Waals surface area (Å²) in [5, 5.41) is 6.88. The number of morpholine rings is 1. The van der Waals surface area contributed by atoms with Crippen molar-refractivity contribution in [3.8, 4) is 0 Å². The van der Waals surface area contributed by atoms with Crippen LogP contribution in [0.15, 0.2) is 34.6 Å². The van der Waals surface area contributed by atoms with Gasteiger partial charge in [0.2, 0.25) is 0 Å². The van der Waals surface area contributed by atoms with Gasteiger partial charge in [0, 0.05) is 37.9 Å². The van der Waals surface area contributed by atoms with Crippen molar-refractivity contribution in [2.75, 3.05) is 33.3 Å². The van der Waals surface area contributed by atoms with Crippen LogP contribution in [0.1, 0.15) is 47.7 Å². The summed E-state index contributed by atoms with van der Waals surface area (Å²) < 4.78 is 6.04. The monoisotopic (exact) mass is 386 g/mol. The van der Waals surface area contributed by atoms with Crippen molar-refractivity contribution in [3.63, 3.8) is 0 Å². The molecule has 0 saturated carbocycles. The second-order valence-electron chi connectivity index (χ2n) is 7.22. The molecule has 0 bridgehead atoms. The Morgan fingerprint density at radius 1 is 1.41 bits per heavy atom. The molecule has 1 saturated heterocycles. The van der Waals surface area contributed by atoms with E-state index in [4.69, 9.17) is 9.72 Å². The third-order valence-electron chi connectivity index (χ3n) is 4.84. The second kappa shape index (κ2) is 9.33. The zero-order valence-corrected chi connectivity index (χ0v) is 17.6. The smallest absolute Gasteiger partial charge is 0.193 e. The number of ether oxygens (including phenoxy) is 1.